The molecule has 5 nitrogen and oxygen atoms in total. The van der Waals surface area contributed by atoms with Gasteiger partial charge in [-0.15, -0.1) is 0 Å². The molecular weight excluding hydrogens is 311 g/mol. The fraction of sp³-hybridized carbons (Fsp3) is 0.444. The van der Waals surface area contributed by atoms with Crippen molar-refractivity contribution in [2.75, 3.05) is 19.8 Å². The summed E-state index contributed by atoms with van der Waals surface area (Å²) in [5, 5.41) is 2.83. The first-order chi connectivity index (χ1) is 11.5. The number of carbonyl (C=O) groups excluding carboxylic acids is 1. The van der Waals surface area contributed by atoms with E-state index in [1.165, 1.54) is 12.1 Å². The van der Waals surface area contributed by atoms with Crippen LogP contribution >= 0.6 is 0 Å². The summed E-state index contributed by atoms with van der Waals surface area (Å²) < 4.78 is 23.7. The molecule has 0 aliphatic carbocycles. The lowest BCUT2D eigenvalue weighted by Gasteiger charge is -2.07. The zero-order chi connectivity index (χ0) is 17.4. The molecule has 1 heterocycles. The first-order valence-electron chi connectivity index (χ1n) is 8.09. The zero-order valence-electron chi connectivity index (χ0n) is 14.0. The van der Waals surface area contributed by atoms with Crippen LogP contribution in [0.2, 0.25) is 0 Å². The standard InChI is InChI=1S/C18H23FN2O3/c1-13(2)11-23-10-8-17(22)20-9-7-16-12-24-18(21-16)14-3-5-15(19)6-4-14/h3-6,12-13H,7-11H2,1-2H3,(H,20,22). The molecule has 130 valence electrons. The molecule has 0 spiro atoms. The topological polar surface area (TPSA) is 64.4 Å². The number of benzene rings is 1. The highest BCUT2D eigenvalue weighted by molar-refractivity contribution is 5.75. The molecule has 0 saturated heterocycles. The molecule has 1 N–H and O–H groups in total. The quantitative estimate of drug-likeness (QED) is 0.715. The number of aromatic nitrogens is 1. The average Bonchev–Trinajstić information content (AvgIpc) is 3.01. The van der Waals surface area contributed by atoms with Gasteiger partial charge in [0.2, 0.25) is 11.8 Å². The van der Waals surface area contributed by atoms with Crippen LogP contribution in [0, 0.1) is 11.7 Å². The van der Waals surface area contributed by atoms with E-state index in [2.05, 4.69) is 24.1 Å². The third-order valence-electron chi connectivity index (χ3n) is 3.27. The molecule has 0 aliphatic rings. The number of amides is 1. The Morgan fingerprint density at radius 3 is 2.79 bits per heavy atom. The van der Waals surface area contributed by atoms with Crippen molar-refractivity contribution in [1.29, 1.82) is 0 Å². The van der Waals surface area contributed by atoms with Crippen molar-refractivity contribution in [1.82, 2.24) is 10.3 Å². The van der Waals surface area contributed by atoms with Crippen LogP contribution in [-0.4, -0.2) is 30.6 Å². The lowest BCUT2D eigenvalue weighted by Crippen LogP contribution is -2.26. The predicted molar refractivity (Wildman–Crippen MR) is 88.9 cm³/mol. The van der Waals surface area contributed by atoms with E-state index in [-0.39, 0.29) is 11.7 Å². The monoisotopic (exact) mass is 334 g/mol. The van der Waals surface area contributed by atoms with Crippen LogP contribution in [0.1, 0.15) is 26.0 Å². The number of hydrogen-bond donors (Lipinski definition) is 1. The van der Waals surface area contributed by atoms with Crippen molar-refractivity contribution in [2.24, 2.45) is 5.92 Å². The molecule has 1 amide bonds. The number of oxazole rings is 1. The van der Waals surface area contributed by atoms with E-state index >= 15 is 0 Å². The highest BCUT2D eigenvalue weighted by atomic mass is 19.1. The molecule has 0 aliphatic heterocycles. The highest BCUT2D eigenvalue weighted by Gasteiger charge is 2.08. The van der Waals surface area contributed by atoms with E-state index in [0.717, 1.165) is 5.69 Å². The van der Waals surface area contributed by atoms with Crippen LogP contribution in [0.5, 0.6) is 0 Å². The maximum absolute atomic E-state index is 12.9. The molecule has 1 aromatic heterocycles. The van der Waals surface area contributed by atoms with Crippen LogP contribution in [0.25, 0.3) is 11.5 Å². The Hall–Kier alpha value is -2.21. The van der Waals surface area contributed by atoms with Crippen LogP contribution in [0.3, 0.4) is 0 Å². The van der Waals surface area contributed by atoms with Gasteiger partial charge in [-0.05, 0) is 30.2 Å². The van der Waals surface area contributed by atoms with Crippen LogP contribution in [0.15, 0.2) is 34.9 Å². The minimum atomic E-state index is -0.300. The van der Waals surface area contributed by atoms with E-state index in [1.54, 1.807) is 18.4 Å². The molecule has 0 unspecified atom stereocenters. The number of rotatable bonds is 9. The first-order valence-corrected chi connectivity index (χ1v) is 8.09. The number of nitrogens with zero attached hydrogens (tertiary/aromatic N) is 1. The van der Waals surface area contributed by atoms with Gasteiger partial charge in [0.1, 0.15) is 12.1 Å². The normalized spacial score (nSPS) is 11.0. The Morgan fingerprint density at radius 2 is 2.08 bits per heavy atom. The molecule has 0 atom stereocenters. The second kappa shape index (κ2) is 9.17. The van der Waals surface area contributed by atoms with Gasteiger partial charge in [-0.2, -0.15) is 0 Å². The third kappa shape index (κ3) is 6.12. The van der Waals surface area contributed by atoms with Gasteiger partial charge in [0, 0.05) is 31.6 Å². The van der Waals surface area contributed by atoms with E-state index in [0.29, 0.717) is 50.0 Å². The largest absolute Gasteiger partial charge is 0.444 e. The second-order valence-electron chi connectivity index (χ2n) is 5.97. The summed E-state index contributed by atoms with van der Waals surface area (Å²) in [6, 6.07) is 5.95. The summed E-state index contributed by atoms with van der Waals surface area (Å²) in [6.07, 6.45) is 2.48. The van der Waals surface area contributed by atoms with Gasteiger partial charge in [-0.25, -0.2) is 9.37 Å². The van der Waals surface area contributed by atoms with Gasteiger partial charge in [-0.3, -0.25) is 4.79 Å². The van der Waals surface area contributed by atoms with Crippen LogP contribution < -0.4 is 5.32 Å². The molecule has 0 fully saturated rings. The predicted octanol–water partition coefficient (Wildman–Crippen LogP) is 3.20. The molecular formula is C18H23FN2O3. The van der Waals surface area contributed by atoms with Gasteiger partial charge in [0.05, 0.1) is 12.3 Å². The molecule has 24 heavy (non-hydrogen) atoms. The fourth-order valence-corrected chi connectivity index (χ4v) is 2.05. The second-order valence-corrected chi connectivity index (χ2v) is 5.97. The van der Waals surface area contributed by atoms with Gasteiger partial charge in [0.15, 0.2) is 0 Å². The van der Waals surface area contributed by atoms with Crippen molar-refractivity contribution in [3.05, 3.63) is 42.0 Å². The number of halogens is 1. The minimum absolute atomic E-state index is 0.0407. The SMILES string of the molecule is CC(C)COCCC(=O)NCCc1coc(-c2ccc(F)cc2)n1. The summed E-state index contributed by atoms with van der Waals surface area (Å²) in [5.41, 5.74) is 1.46. The van der Waals surface area contributed by atoms with E-state index in [1.807, 2.05) is 0 Å². The Balaban J connectivity index is 1.69. The van der Waals surface area contributed by atoms with Crippen molar-refractivity contribution < 1.29 is 18.3 Å². The van der Waals surface area contributed by atoms with Crippen molar-refractivity contribution in [3.8, 4) is 11.5 Å². The number of carbonyl (C=O) groups is 1. The minimum Gasteiger partial charge on any atom is -0.444 e. The maximum Gasteiger partial charge on any atom is 0.226 e. The Bertz CT molecular complexity index is 638. The summed E-state index contributed by atoms with van der Waals surface area (Å²) >= 11 is 0. The molecule has 6 heteroatoms. The molecule has 1 aromatic carbocycles. The summed E-state index contributed by atoms with van der Waals surface area (Å²) in [6.45, 7) is 5.72. The Morgan fingerprint density at radius 1 is 1.33 bits per heavy atom. The van der Waals surface area contributed by atoms with Crippen molar-refractivity contribution >= 4 is 5.91 Å². The van der Waals surface area contributed by atoms with Gasteiger partial charge < -0.3 is 14.5 Å². The zero-order valence-corrected chi connectivity index (χ0v) is 14.0. The van der Waals surface area contributed by atoms with Crippen LogP contribution in [0.4, 0.5) is 4.39 Å². The first kappa shape index (κ1) is 18.1. The third-order valence-corrected chi connectivity index (χ3v) is 3.27. The van der Waals surface area contributed by atoms with Crippen molar-refractivity contribution in [2.45, 2.75) is 26.7 Å². The van der Waals surface area contributed by atoms with Crippen molar-refractivity contribution in [3.63, 3.8) is 0 Å². The number of ether oxygens (including phenoxy) is 1. The van der Waals surface area contributed by atoms with Crippen LogP contribution in [-0.2, 0) is 16.0 Å². The molecule has 2 aromatic rings. The lowest BCUT2D eigenvalue weighted by molar-refractivity contribution is -0.122. The lowest BCUT2D eigenvalue weighted by atomic mass is 10.2. The molecule has 0 saturated carbocycles. The van der Waals surface area contributed by atoms with Gasteiger partial charge >= 0.3 is 0 Å². The average molecular weight is 334 g/mol. The van der Waals surface area contributed by atoms with Gasteiger partial charge in [-0.1, -0.05) is 13.8 Å². The fourth-order valence-electron chi connectivity index (χ4n) is 2.05. The highest BCUT2D eigenvalue weighted by Crippen LogP contribution is 2.18. The summed E-state index contributed by atoms with van der Waals surface area (Å²) in [4.78, 5) is 16.0. The molecule has 0 radical (unpaired) electrons. The maximum atomic E-state index is 12.9. The van der Waals surface area contributed by atoms with E-state index in [4.69, 9.17) is 9.15 Å². The Labute approximate surface area is 141 Å². The number of nitrogens with one attached hydrogen (secondary N) is 1. The van der Waals surface area contributed by atoms with Gasteiger partial charge in [0.25, 0.3) is 0 Å². The molecule has 2 rings (SSSR count). The van der Waals surface area contributed by atoms with E-state index < -0.39 is 0 Å². The summed E-state index contributed by atoms with van der Waals surface area (Å²) in [5.74, 6) is 0.570. The Kier molecular flexibility index (Phi) is 6.93. The smallest absolute Gasteiger partial charge is 0.226 e. The van der Waals surface area contributed by atoms with E-state index in [9.17, 15) is 9.18 Å². The summed E-state index contributed by atoms with van der Waals surface area (Å²) in [7, 11) is 0. The molecule has 0 bridgehead atoms. The number of hydrogen-bond acceptors (Lipinski definition) is 4.